The van der Waals surface area contributed by atoms with Gasteiger partial charge in [0.25, 0.3) is 0 Å². The van der Waals surface area contributed by atoms with Crippen LogP contribution in [-0.2, 0) is 0 Å². The van der Waals surface area contributed by atoms with Crippen molar-refractivity contribution >= 4 is 0 Å². The van der Waals surface area contributed by atoms with Crippen LogP contribution < -0.4 is 10.1 Å². The summed E-state index contributed by atoms with van der Waals surface area (Å²) < 4.78 is 5.22. The Morgan fingerprint density at radius 1 is 1.20 bits per heavy atom. The van der Waals surface area contributed by atoms with Crippen LogP contribution in [0.15, 0.2) is 24.3 Å². The van der Waals surface area contributed by atoms with Gasteiger partial charge >= 0.3 is 0 Å². The SMILES string of the molecule is CC(NCCCCCCO)c1ccc(OCC#N)cc1. The van der Waals surface area contributed by atoms with Crippen molar-refractivity contribution in [2.24, 2.45) is 0 Å². The van der Waals surface area contributed by atoms with Gasteiger partial charge in [-0.05, 0) is 44.0 Å². The fourth-order valence-corrected chi connectivity index (χ4v) is 2.00. The molecule has 1 aromatic carbocycles. The first-order valence-electron chi connectivity index (χ1n) is 7.22. The molecule has 110 valence electrons. The summed E-state index contributed by atoms with van der Waals surface area (Å²) in [6.07, 6.45) is 4.28. The largest absolute Gasteiger partial charge is 0.479 e. The molecule has 0 radical (unpaired) electrons. The zero-order valence-electron chi connectivity index (χ0n) is 12.1. The zero-order chi connectivity index (χ0) is 14.6. The van der Waals surface area contributed by atoms with Crippen molar-refractivity contribution in [3.05, 3.63) is 29.8 Å². The maximum absolute atomic E-state index is 8.69. The van der Waals surface area contributed by atoms with Gasteiger partial charge in [-0.2, -0.15) is 5.26 Å². The third kappa shape index (κ3) is 6.55. The van der Waals surface area contributed by atoms with Crippen molar-refractivity contribution < 1.29 is 9.84 Å². The van der Waals surface area contributed by atoms with Crippen molar-refractivity contribution in [2.45, 2.75) is 38.6 Å². The van der Waals surface area contributed by atoms with Gasteiger partial charge in [0.15, 0.2) is 6.61 Å². The summed E-state index contributed by atoms with van der Waals surface area (Å²) in [5.74, 6) is 0.728. The summed E-state index contributed by atoms with van der Waals surface area (Å²) in [5, 5.41) is 20.6. The monoisotopic (exact) mass is 276 g/mol. The van der Waals surface area contributed by atoms with Gasteiger partial charge in [0.2, 0.25) is 0 Å². The maximum Gasteiger partial charge on any atom is 0.174 e. The van der Waals surface area contributed by atoms with E-state index in [4.69, 9.17) is 15.1 Å². The van der Waals surface area contributed by atoms with Gasteiger partial charge in [-0.1, -0.05) is 25.0 Å². The van der Waals surface area contributed by atoms with Crippen molar-refractivity contribution in [3.8, 4) is 11.8 Å². The maximum atomic E-state index is 8.69. The predicted molar refractivity (Wildman–Crippen MR) is 79.5 cm³/mol. The quantitative estimate of drug-likeness (QED) is 0.645. The van der Waals surface area contributed by atoms with Crippen LogP contribution >= 0.6 is 0 Å². The van der Waals surface area contributed by atoms with Crippen LogP contribution in [0, 0.1) is 11.3 Å². The fraction of sp³-hybridized carbons (Fsp3) is 0.562. The molecule has 1 aromatic rings. The molecular weight excluding hydrogens is 252 g/mol. The van der Waals surface area contributed by atoms with Crippen LogP contribution in [0.2, 0.25) is 0 Å². The molecule has 0 fully saturated rings. The van der Waals surface area contributed by atoms with Crippen LogP contribution in [0.4, 0.5) is 0 Å². The highest BCUT2D eigenvalue weighted by molar-refractivity contribution is 5.29. The Morgan fingerprint density at radius 3 is 2.55 bits per heavy atom. The lowest BCUT2D eigenvalue weighted by Crippen LogP contribution is -2.19. The lowest BCUT2D eigenvalue weighted by molar-refractivity contribution is 0.282. The highest BCUT2D eigenvalue weighted by Gasteiger charge is 2.04. The van der Waals surface area contributed by atoms with E-state index in [1.165, 1.54) is 5.56 Å². The van der Waals surface area contributed by atoms with Crippen molar-refractivity contribution in [1.82, 2.24) is 5.32 Å². The number of rotatable bonds is 10. The molecule has 0 bridgehead atoms. The van der Waals surface area contributed by atoms with E-state index < -0.39 is 0 Å². The molecule has 4 heteroatoms. The molecule has 1 unspecified atom stereocenters. The number of nitrogens with one attached hydrogen (secondary N) is 1. The minimum absolute atomic E-state index is 0.0843. The number of hydrogen-bond donors (Lipinski definition) is 2. The molecule has 0 heterocycles. The Balaban J connectivity index is 2.25. The molecule has 0 aliphatic heterocycles. The number of nitrogens with zero attached hydrogens (tertiary/aromatic N) is 1. The Labute approximate surface area is 121 Å². The van der Waals surface area contributed by atoms with E-state index in [1.807, 2.05) is 30.3 Å². The highest BCUT2D eigenvalue weighted by atomic mass is 16.5. The summed E-state index contributed by atoms with van der Waals surface area (Å²) in [6.45, 7) is 3.50. The number of benzene rings is 1. The summed E-state index contributed by atoms with van der Waals surface area (Å²) in [6, 6.07) is 10.1. The van der Waals surface area contributed by atoms with Gasteiger partial charge in [-0.25, -0.2) is 0 Å². The molecule has 20 heavy (non-hydrogen) atoms. The molecule has 4 nitrogen and oxygen atoms in total. The van der Waals surface area contributed by atoms with Crippen molar-refractivity contribution in [2.75, 3.05) is 19.8 Å². The highest BCUT2D eigenvalue weighted by Crippen LogP contribution is 2.17. The molecule has 1 atom stereocenters. The topological polar surface area (TPSA) is 65.3 Å². The van der Waals surface area contributed by atoms with Crippen molar-refractivity contribution in [1.29, 1.82) is 5.26 Å². The standard InChI is InChI=1S/C16H24N2O2/c1-14(18-11-4-2-3-5-12-19)15-6-8-16(9-7-15)20-13-10-17/h6-9,14,18-19H,2-5,11-13H2,1H3. The van der Waals surface area contributed by atoms with Gasteiger partial charge in [0.1, 0.15) is 11.8 Å². The molecule has 0 aliphatic carbocycles. The molecular formula is C16H24N2O2. The third-order valence-corrected chi connectivity index (χ3v) is 3.22. The molecule has 0 amide bonds. The minimum atomic E-state index is 0.0843. The average Bonchev–Trinajstić information content (AvgIpc) is 2.49. The smallest absolute Gasteiger partial charge is 0.174 e. The number of ether oxygens (including phenoxy) is 1. The van der Waals surface area contributed by atoms with E-state index in [0.29, 0.717) is 12.6 Å². The van der Waals surface area contributed by atoms with Crippen LogP contribution in [0.3, 0.4) is 0 Å². The first-order valence-corrected chi connectivity index (χ1v) is 7.22. The number of nitriles is 1. The third-order valence-electron chi connectivity index (χ3n) is 3.22. The van der Waals surface area contributed by atoms with Crippen molar-refractivity contribution in [3.63, 3.8) is 0 Å². The first-order chi connectivity index (χ1) is 9.77. The van der Waals surface area contributed by atoms with Crippen LogP contribution in [0.25, 0.3) is 0 Å². The Bertz CT molecular complexity index is 398. The number of aliphatic hydroxyl groups excluding tert-OH is 1. The van der Waals surface area contributed by atoms with Gasteiger partial charge in [0.05, 0.1) is 0 Å². The molecule has 0 saturated carbocycles. The van der Waals surface area contributed by atoms with E-state index in [0.717, 1.165) is 38.0 Å². The van der Waals surface area contributed by atoms with E-state index in [2.05, 4.69) is 12.2 Å². The fourth-order valence-electron chi connectivity index (χ4n) is 2.00. The Morgan fingerprint density at radius 2 is 1.90 bits per heavy atom. The van der Waals surface area contributed by atoms with E-state index >= 15 is 0 Å². The molecule has 0 spiro atoms. The van der Waals surface area contributed by atoms with Gasteiger partial charge in [0, 0.05) is 12.6 Å². The summed E-state index contributed by atoms with van der Waals surface area (Å²) >= 11 is 0. The van der Waals surface area contributed by atoms with E-state index in [-0.39, 0.29) is 6.61 Å². The van der Waals surface area contributed by atoms with Gasteiger partial charge in [-0.15, -0.1) is 0 Å². The number of hydrogen-bond acceptors (Lipinski definition) is 4. The summed E-state index contributed by atoms with van der Waals surface area (Å²) in [4.78, 5) is 0. The molecule has 0 aliphatic rings. The lowest BCUT2D eigenvalue weighted by Gasteiger charge is -2.14. The number of unbranched alkanes of at least 4 members (excludes halogenated alkanes) is 3. The Kier molecular flexibility index (Phi) is 8.44. The molecule has 2 N–H and O–H groups in total. The minimum Gasteiger partial charge on any atom is -0.479 e. The second-order valence-electron chi connectivity index (χ2n) is 4.83. The summed E-state index contributed by atoms with van der Waals surface area (Å²) in [5.41, 5.74) is 1.21. The molecule has 1 rings (SSSR count). The second-order valence-corrected chi connectivity index (χ2v) is 4.83. The Hall–Kier alpha value is -1.57. The average molecular weight is 276 g/mol. The van der Waals surface area contributed by atoms with Crippen LogP contribution in [-0.4, -0.2) is 24.9 Å². The van der Waals surface area contributed by atoms with Gasteiger partial charge in [-0.3, -0.25) is 0 Å². The van der Waals surface area contributed by atoms with E-state index in [9.17, 15) is 0 Å². The van der Waals surface area contributed by atoms with E-state index in [1.54, 1.807) is 0 Å². The second kappa shape index (κ2) is 10.2. The number of aliphatic hydroxyl groups is 1. The predicted octanol–water partition coefficient (Wildman–Crippen LogP) is 2.79. The summed E-state index contributed by atoms with van der Waals surface area (Å²) in [7, 11) is 0. The van der Waals surface area contributed by atoms with Gasteiger partial charge < -0.3 is 15.2 Å². The molecule has 0 saturated heterocycles. The normalized spacial score (nSPS) is 11.8. The first kappa shape index (κ1) is 16.5. The lowest BCUT2D eigenvalue weighted by atomic mass is 10.1. The molecule has 0 aromatic heterocycles. The zero-order valence-corrected chi connectivity index (χ0v) is 12.1. The van der Waals surface area contributed by atoms with Crippen LogP contribution in [0.5, 0.6) is 5.75 Å². The van der Waals surface area contributed by atoms with Crippen LogP contribution in [0.1, 0.15) is 44.2 Å².